The quantitative estimate of drug-likeness (QED) is 0.898. The van der Waals surface area contributed by atoms with E-state index in [4.69, 9.17) is 4.74 Å². The summed E-state index contributed by atoms with van der Waals surface area (Å²) in [6.07, 6.45) is -1.86. The molecule has 1 aromatic rings. The van der Waals surface area contributed by atoms with Crippen LogP contribution < -0.4 is 5.32 Å². The maximum Gasteiger partial charge on any atom is 0.407 e. The Morgan fingerprint density at radius 2 is 1.90 bits per heavy atom. The first-order valence-electron chi connectivity index (χ1n) is 6.22. The average Bonchev–Trinajstić information content (AvgIpc) is 2.29. The van der Waals surface area contributed by atoms with Gasteiger partial charge in [-0.3, -0.25) is 0 Å². The Balaban J connectivity index is 2.69. The van der Waals surface area contributed by atoms with E-state index in [0.717, 1.165) is 12.1 Å². The summed E-state index contributed by atoms with van der Waals surface area (Å²) in [4.78, 5) is 11.5. The van der Waals surface area contributed by atoms with E-state index in [9.17, 15) is 18.7 Å². The smallest absolute Gasteiger partial charge is 0.407 e. The minimum absolute atomic E-state index is 0.174. The molecule has 1 amide bonds. The summed E-state index contributed by atoms with van der Waals surface area (Å²) in [6.45, 7) is 6.67. The Morgan fingerprint density at radius 1 is 1.30 bits per heavy atom. The predicted octanol–water partition coefficient (Wildman–Crippen LogP) is 2.91. The third-order valence-electron chi connectivity index (χ3n) is 2.50. The number of hydrogen-bond acceptors (Lipinski definition) is 3. The van der Waals surface area contributed by atoms with Crippen LogP contribution in [0.4, 0.5) is 13.6 Å². The molecule has 0 radical (unpaired) electrons. The zero-order chi connectivity index (χ0) is 15.5. The molecule has 0 bridgehead atoms. The second-order valence-electron chi connectivity index (χ2n) is 5.55. The molecule has 0 saturated heterocycles. The van der Waals surface area contributed by atoms with Gasteiger partial charge in [-0.25, -0.2) is 13.6 Å². The molecule has 0 saturated carbocycles. The van der Waals surface area contributed by atoms with Gasteiger partial charge in [0.25, 0.3) is 0 Å². The van der Waals surface area contributed by atoms with Crippen molar-refractivity contribution < 1.29 is 23.4 Å². The highest BCUT2D eigenvalue weighted by molar-refractivity contribution is 5.68. The number of halogens is 2. The van der Waals surface area contributed by atoms with Crippen LogP contribution in [0.3, 0.4) is 0 Å². The molecule has 2 atom stereocenters. The summed E-state index contributed by atoms with van der Waals surface area (Å²) < 4.78 is 30.9. The van der Waals surface area contributed by atoms with Crippen molar-refractivity contribution in [3.8, 4) is 0 Å². The molecule has 0 aliphatic heterocycles. The molecule has 20 heavy (non-hydrogen) atoms. The van der Waals surface area contributed by atoms with Gasteiger partial charge in [0.05, 0.1) is 12.1 Å². The van der Waals surface area contributed by atoms with Crippen LogP contribution in [-0.2, 0) is 4.74 Å². The third-order valence-corrected chi connectivity index (χ3v) is 2.50. The fraction of sp³-hybridized carbons (Fsp3) is 0.500. The van der Waals surface area contributed by atoms with Crippen LogP contribution in [-0.4, -0.2) is 22.8 Å². The van der Waals surface area contributed by atoms with Crippen molar-refractivity contribution in [3.05, 3.63) is 35.4 Å². The molecule has 1 aromatic carbocycles. The largest absolute Gasteiger partial charge is 0.444 e. The molecule has 0 spiro atoms. The Morgan fingerprint density at radius 3 is 2.40 bits per heavy atom. The number of carbonyl (C=O) groups is 1. The molecule has 0 heterocycles. The Kier molecular flexibility index (Phi) is 5.05. The lowest BCUT2D eigenvalue weighted by molar-refractivity contribution is 0.0435. The standard InChI is InChI=1S/C14H19F2NO3/c1-8(17-13(19)20-14(2,3)4)12(18)9-5-6-10(15)11(16)7-9/h5-8,12,18H,1-4H3,(H,17,19)/t8-,12+/m0/s1. The molecule has 112 valence electrons. The summed E-state index contributed by atoms with van der Waals surface area (Å²) in [5.41, 5.74) is -0.482. The number of aliphatic hydroxyl groups excluding tert-OH is 1. The molecule has 4 nitrogen and oxygen atoms in total. The van der Waals surface area contributed by atoms with Crippen LogP contribution in [0.5, 0.6) is 0 Å². The van der Waals surface area contributed by atoms with Gasteiger partial charge in [0.2, 0.25) is 0 Å². The molecule has 1 rings (SSSR count). The number of benzene rings is 1. The molecule has 6 heteroatoms. The van der Waals surface area contributed by atoms with E-state index in [1.807, 2.05) is 0 Å². The van der Waals surface area contributed by atoms with E-state index in [1.165, 1.54) is 13.0 Å². The van der Waals surface area contributed by atoms with Crippen molar-refractivity contribution in [3.63, 3.8) is 0 Å². The second kappa shape index (κ2) is 6.17. The van der Waals surface area contributed by atoms with Crippen LogP contribution in [0.1, 0.15) is 39.4 Å². The molecule has 0 fully saturated rings. The summed E-state index contributed by atoms with van der Waals surface area (Å²) in [6, 6.07) is 2.37. The first kappa shape index (κ1) is 16.4. The van der Waals surface area contributed by atoms with Gasteiger partial charge in [-0.05, 0) is 45.4 Å². The van der Waals surface area contributed by atoms with E-state index in [-0.39, 0.29) is 5.56 Å². The molecule has 0 aliphatic carbocycles. The molecule has 2 N–H and O–H groups in total. The van der Waals surface area contributed by atoms with Crippen LogP contribution in [0, 0.1) is 11.6 Å². The maximum atomic E-state index is 13.1. The number of alkyl carbamates (subject to hydrolysis) is 1. The van der Waals surface area contributed by atoms with Gasteiger partial charge in [0, 0.05) is 0 Å². The normalized spacial score (nSPS) is 14.6. The third kappa shape index (κ3) is 4.77. The number of ether oxygens (including phenoxy) is 1. The summed E-state index contributed by atoms with van der Waals surface area (Å²) in [7, 11) is 0. The Bertz CT molecular complexity index is 486. The minimum Gasteiger partial charge on any atom is -0.444 e. The molecular weight excluding hydrogens is 268 g/mol. The summed E-state index contributed by atoms with van der Waals surface area (Å²) in [5.74, 6) is -2.04. The molecule has 0 aromatic heterocycles. The SMILES string of the molecule is C[C@H](NC(=O)OC(C)(C)C)[C@@H](O)c1ccc(F)c(F)c1. The molecule has 0 aliphatic rings. The van der Waals surface area contributed by atoms with Crippen molar-refractivity contribution in [2.75, 3.05) is 0 Å². The van der Waals surface area contributed by atoms with Crippen LogP contribution in [0.25, 0.3) is 0 Å². The van der Waals surface area contributed by atoms with Crippen molar-refractivity contribution >= 4 is 6.09 Å². The number of amides is 1. The number of rotatable bonds is 3. The van der Waals surface area contributed by atoms with Crippen molar-refractivity contribution in [1.29, 1.82) is 0 Å². The lowest BCUT2D eigenvalue weighted by Gasteiger charge is -2.24. The van der Waals surface area contributed by atoms with Gasteiger partial charge < -0.3 is 15.2 Å². The van der Waals surface area contributed by atoms with Crippen LogP contribution >= 0.6 is 0 Å². The van der Waals surface area contributed by atoms with Crippen LogP contribution in [0.15, 0.2) is 18.2 Å². The highest BCUT2D eigenvalue weighted by Crippen LogP contribution is 2.19. The number of hydrogen-bond donors (Lipinski definition) is 2. The van der Waals surface area contributed by atoms with Crippen molar-refractivity contribution in [2.24, 2.45) is 0 Å². The van der Waals surface area contributed by atoms with Crippen molar-refractivity contribution in [2.45, 2.75) is 45.4 Å². The van der Waals surface area contributed by atoms with Crippen LogP contribution in [0.2, 0.25) is 0 Å². The van der Waals surface area contributed by atoms with Gasteiger partial charge in [-0.1, -0.05) is 6.07 Å². The molecule has 0 unspecified atom stereocenters. The highest BCUT2D eigenvalue weighted by atomic mass is 19.2. The van der Waals surface area contributed by atoms with E-state index < -0.39 is 35.5 Å². The van der Waals surface area contributed by atoms with Crippen molar-refractivity contribution in [1.82, 2.24) is 5.32 Å². The lowest BCUT2D eigenvalue weighted by Crippen LogP contribution is -2.40. The van der Waals surface area contributed by atoms with E-state index in [1.54, 1.807) is 20.8 Å². The Hall–Kier alpha value is -1.69. The van der Waals surface area contributed by atoms with E-state index in [2.05, 4.69) is 5.32 Å². The van der Waals surface area contributed by atoms with Gasteiger partial charge in [-0.2, -0.15) is 0 Å². The minimum atomic E-state index is -1.17. The summed E-state index contributed by atoms with van der Waals surface area (Å²) in [5, 5.41) is 12.4. The van der Waals surface area contributed by atoms with Gasteiger partial charge in [0.1, 0.15) is 5.60 Å². The number of carbonyl (C=O) groups excluding carboxylic acids is 1. The predicted molar refractivity (Wildman–Crippen MR) is 70.1 cm³/mol. The summed E-state index contributed by atoms with van der Waals surface area (Å²) >= 11 is 0. The zero-order valence-corrected chi connectivity index (χ0v) is 11.9. The maximum absolute atomic E-state index is 13.1. The average molecular weight is 287 g/mol. The zero-order valence-electron chi connectivity index (χ0n) is 11.9. The lowest BCUT2D eigenvalue weighted by atomic mass is 10.0. The highest BCUT2D eigenvalue weighted by Gasteiger charge is 2.23. The fourth-order valence-corrected chi connectivity index (χ4v) is 1.56. The first-order valence-corrected chi connectivity index (χ1v) is 6.22. The Labute approximate surface area is 116 Å². The monoisotopic (exact) mass is 287 g/mol. The first-order chi connectivity index (χ1) is 9.10. The van der Waals surface area contributed by atoms with Gasteiger partial charge in [-0.15, -0.1) is 0 Å². The topological polar surface area (TPSA) is 58.6 Å². The van der Waals surface area contributed by atoms with E-state index >= 15 is 0 Å². The van der Waals surface area contributed by atoms with Gasteiger partial charge in [0.15, 0.2) is 11.6 Å². The fourth-order valence-electron chi connectivity index (χ4n) is 1.56. The molecular formula is C14H19F2NO3. The van der Waals surface area contributed by atoms with Gasteiger partial charge >= 0.3 is 6.09 Å². The van der Waals surface area contributed by atoms with E-state index in [0.29, 0.717) is 0 Å². The number of aliphatic hydroxyl groups is 1. The number of nitrogens with one attached hydrogen (secondary N) is 1. The second-order valence-corrected chi connectivity index (χ2v) is 5.55.